The fourth-order valence-electron chi connectivity index (χ4n) is 2.10. The molecular formula is C11H18N2O4. The molecule has 0 aliphatic carbocycles. The zero-order valence-electron chi connectivity index (χ0n) is 9.98. The maximum Gasteiger partial charge on any atom is 0.246 e. The van der Waals surface area contributed by atoms with Crippen molar-refractivity contribution in [3.8, 4) is 0 Å². The van der Waals surface area contributed by atoms with Crippen LogP contribution in [0.2, 0.25) is 0 Å². The predicted octanol–water partition coefficient (Wildman–Crippen LogP) is -0.861. The summed E-state index contributed by atoms with van der Waals surface area (Å²) in [7, 11) is 0. The number of imide groups is 1. The summed E-state index contributed by atoms with van der Waals surface area (Å²) in [5, 5.41) is 3.08. The first kappa shape index (κ1) is 12.5. The molecule has 6 nitrogen and oxygen atoms in total. The Kier molecular flexibility index (Phi) is 4.09. The lowest BCUT2D eigenvalue weighted by Gasteiger charge is -2.24. The van der Waals surface area contributed by atoms with Crippen LogP contribution < -0.4 is 5.32 Å². The second kappa shape index (κ2) is 5.57. The third kappa shape index (κ3) is 2.83. The summed E-state index contributed by atoms with van der Waals surface area (Å²) in [4.78, 5) is 24.6. The lowest BCUT2D eigenvalue weighted by Crippen LogP contribution is -2.44. The van der Waals surface area contributed by atoms with Crippen LogP contribution in [0.15, 0.2) is 0 Å². The molecule has 2 unspecified atom stereocenters. The highest BCUT2D eigenvalue weighted by Crippen LogP contribution is 2.12. The Morgan fingerprint density at radius 2 is 2.24 bits per heavy atom. The molecule has 0 aromatic carbocycles. The number of nitrogens with one attached hydrogen (secondary N) is 1. The summed E-state index contributed by atoms with van der Waals surface area (Å²) in [5.74, 6) is -0.231. The number of carbonyl (C=O) groups is 2. The van der Waals surface area contributed by atoms with Gasteiger partial charge in [-0.1, -0.05) is 0 Å². The third-order valence-electron chi connectivity index (χ3n) is 3.04. The Morgan fingerprint density at radius 1 is 1.41 bits per heavy atom. The first-order chi connectivity index (χ1) is 8.22. The van der Waals surface area contributed by atoms with E-state index in [1.807, 2.05) is 0 Å². The monoisotopic (exact) mass is 242 g/mol. The summed E-state index contributed by atoms with van der Waals surface area (Å²) in [6.45, 7) is 4.54. The molecule has 2 heterocycles. The van der Waals surface area contributed by atoms with Gasteiger partial charge in [-0.15, -0.1) is 0 Å². The molecule has 6 heteroatoms. The molecule has 2 amide bonds. The van der Waals surface area contributed by atoms with E-state index < -0.39 is 6.04 Å². The molecule has 0 spiro atoms. The number of ether oxygens (including phenoxy) is 2. The summed E-state index contributed by atoms with van der Waals surface area (Å²) < 4.78 is 10.7. The average molecular weight is 242 g/mol. The summed E-state index contributed by atoms with van der Waals surface area (Å²) in [5.41, 5.74) is 0. The molecule has 2 aliphatic heterocycles. The van der Waals surface area contributed by atoms with Gasteiger partial charge in [0.15, 0.2) is 0 Å². The van der Waals surface area contributed by atoms with Crippen LogP contribution in [0.4, 0.5) is 0 Å². The second-order valence-corrected chi connectivity index (χ2v) is 4.21. The smallest absolute Gasteiger partial charge is 0.246 e. The predicted molar refractivity (Wildman–Crippen MR) is 59.4 cm³/mol. The van der Waals surface area contributed by atoms with Gasteiger partial charge in [-0.25, -0.2) is 0 Å². The molecule has 0 aromatic rings. The lowest BCUT2D eigenvalue weighted by molar-refractivity contribution is -0.138. The number of likely N-dealkylation sites (tertiary alicyclic amines) is 1. The molecule has 2 saturated heterocycles. The van der Waals surface area contributed by atoms with E-state index in [4.69, 9.17) is 9.47 Å². The van der Waals surface area contributed by atoms with Crippen molar-refractivity contribution in [1.29, 1.82) is 0 Å². The van der Waals surface area contributed by atoms with Gasteiger partial charge in [0.1, 0.15) is 0 Å². The van der Waals surface area contributed by atoms with Gasteiger partial charge in [0.05, 0.1) is 38.4 Å². The third-order valence-corrected chi connectivity index (χ3v) is 3.04. The molecule has 0 saturated carbocycles. The first-order valence-corrected chi connectivity index (χ1v) is 5.99. The Labute approximate surface area is 100 Å². The number of carbonyl (C=O) groups excluding carboxylic acids is 2. The van der Waals surface area contributed by atoms with Crippen LogP contribution in [0, 0.1) is 0 Å². The molecule has 1 N–H and O–H groups in total. The molecule has 0 aromatic heterocycles. The quantitative estimate of drug-likeness (QED) is 0.650. The topological polar surface area (TPSA) is 67.9 Å². The summed E-state index contributed by atoms with van der Waals surface area (Å²) in [6, 6.07) is -0.395. The van der Waals surface area contributed by atoms with Crippen molar-refractivity contribution >= 4 is 11.8 Å². The molecule has 0 bridgehead atoms. The van der Waals surface area contributed by atoms with Crippen molar-refractivity contribution in [2.24, 2.45) is 0 Å². The highest BCUT2D eigenvalue weighted by molar-refractivity contribution is 6.05. The Hall–Kier alpha value is -0.980. The minimum atomic E-state index is -0.395. The lowest BCUT2D eigenvalue weighted by atomic mass is 10.2. The molecule has 2 atom stereocenters. The van der Waals surface area contributed by atoms with Crippen LogP contribution in [-0.2, 0) is 19.1 Å². The maximum absolute atomic E-state index is 11.8. The van der Waals surface area contributed by atoms with E-state index in [2.05, 4.69) is 5.32 Å². The van der Waals surface area contributed by atoms with Crippen LogP contribution in [0.25, 0.3) is 0 Å². The van der Waals surface area contributed by atoms with Crippen LogP contribution in [-0.4, -0.2) is 61.8 Å². The van der Waals surface area contributed by atoms with E-state index in [1.54, 1.807) is 6.92 Å². The van der Waals surface area contributed by atoms with E-state index >= 15 is 0 Å². The molecule has 0 radical (unpaired) electrons. The molecule has 2 fully saturated rings. The number of hydrogen-bond acceptors (Lipinski definition) is 5. The normalized spacial score (nSPS) is 30.1. The van der Waals surface area contributed by atoms with Gasteiger partial charge >= 0.3 is 0 Å². The van der Waals surface area contributed by atoms with Crippen molar-refractivity contribution in [2.45, 2.75) is 25.5 Å². The van der Waals surface area contributed by atoms with Crippen molar-refractivity contribution < 1.29 is 19.1 Å². The SMILES string of the molecule is CCN1C(=O)CC(NCC2COCCO2)C1=O. The van der Waals surface area contributed by atoms with Gasteiger partial charge in [-0.05, 0) is 6.92 Å². The van der Waals surface area contributed by atoms with E-state index in [9.17, 15) is 9.59 Å². The Balaban J connectivity index is 1.79. The van der Waals surface area contributed by atoms with Crippen LogP contribution in [0.5, 0.6) is 0 Å². The van der Waals surface area contributed by atoms with Crippen molar-refractivity contribution in [1.82, 2.24) is 10.2 Å². The van der Waals surface area contributed by atoms with E-state index in [-0.39, 0.29) is 24.3 Å². The number of likely N-dealkylation sites (N-methyl/N-ethyl adjacent to an activating group) is 1. The van der Waals surface area contributed by atoms with Crippen molar-refractivity contribution in [2.75, 3.05) is 32.9 Å². The fourth-order valence-corrected chi connectivity index (χ4v) is 2.10. The van der Waals surface area contributed by atoms with Crippen molar-refractivity contribution in [3.05, 3.63) is 0 Å². The van der Waals surface area contributed by atoms with Gasteiger partial charge in [0.2, 0.25) is 11.8 Å². The summed E-state index contributed by atoms with van der Waals surface area (Å²) >= 11 is 0. The maximum atomic E-state index is 11.8. The first-order valence-electron chi connectivity index (χ1n) is 5.99. The Morgan fingerprint density at radius 3 is 2.82 bits per heavy atom. The molecule has 2 aliphatic rings. The largest absolute Gasteiger partial charge is 0.376 e. The van der Waals surface area contributed by atoms with Gasteiger partial charge in [-0.2, -0.15) is 0 Å². The van der Waals surface area contributed by atoms with E-state index in [0.717, 1.165) is 0 Å². The number of rotatable bonds is 4. The zero-order valence-corrected chi connectivity index (χ0v) is 9.98. The van der Waals surface area contributed by atoms with Gasteiger partial charge in [0, 0.05) is 13.1 Å². The molecule has 2 rings (SSSR count). The Bertz CT molecular complexity index is 302. The minimum Gasteiger partial charge on any atom is -0.376 e. The zero-order chi connectivity index (χ0) is 12.3. The standard InChI is InChI=1S/C11H18N2O4/c1-2-13-10(14)5-9(11(13)15)12-6-8-7-16-3-4-17-8/h8-9,12H,2-7H2,1H3. The minimum absolute atomic E-state index is 0.0256. The van der Waals surface area contributed by atoms with Crippen LogP contribution in [0.1, 0.15) is 13.3 Å². The van der Waals surface area contributed by atoms with Crippen LogP contribution >= 0.6 is 0 Å². The van der Waals surface area contributed by atoms with E-state index in [1.165, 1.54) is 4.90 Å². The highest BCUT2D eigenvalue weighted by Gasteiger charge is 2.37. The number of nitrogens with zero attached hydrogens (tertiary/aromatic N) is 1. The highest BCUT2D eigenvalue weighted by atomic mass is 16.6. The summed E-state index contributed by atoms with van der Waals surface area (Å²) in [6.07, 6.45) is 0.225. The second-order valence-electron chi connectivity index (χ2n) is 4.21. The van der Waals surface area contributed by atoms with Gasteiger partial charge in [0.25, 0.3) is 0 Å². The van der Waals surface area contributed by atoms with Gasteiger partial charge in [-0.3, -0.25) is 14.5 Å². The number of hydrogen-bond donors (Lipinski definition) is 1. The van der Waals surface area contributed by atoms with Gasteiger partial charge < -0.3 is 14.8 Å². The molecule has 96 valence electrons. The van der Waals surface area contributed by atoms with Crippen molar-refractivity contribution in [3.63, 3.8) is 0 Å². The fraction of sp³-hybridized carbons (Fsp3) is 0.818. The van der Waals surface area contributed by atoms with Crippen LogP contribution in [0.3, 0.4) is 0 Å². The van der Waals surface area contributed by atoms with E-state index in [0.29, 0.717) is 32.9 Å². The average Bonchev–Trinajstić information content (AvgIpc) is 2.63. The molecule has 17 heavy (non-hydrogen) atoms. The molecular weight excluding hydrogens is 224 g/mol. The number of amides is 2.